The Morgan fingerprint density at radius 2 is 1.72 bits per heavy atom. The maximum Gasteiger partial charge on any atom is 0.129 e. The van der Waals surface area contributed by atoms with Crippen LogP contribution in [0.1, 0.15) is 54.7 Å². The van der Waals surface area contributed by atoms with E-state index in [1.165, 1.54) is 0 Å². The first kappa shape index (κ1) is 21.4. The van der Waals surface area contributed by atoms with Gasteiger partial charge in [0, 0.05) is 43.8 Å². The first-order valence-corrected chi connectivity index (χ1v) is 12.0. The highest BCUT2D eigenvalue weighted by molar-refractivity contribution is 5.56. The summed E-state index contributed by atoms with van der Waals surface area (Å²) >= 11 is 0. The molecule has 32 heavy (non-hydrogen) atoms. The van der Waals surface area contributed by atoms with Gasteiger partial charge < -0.3 is 19.5 Å². The highest BCUT2D eigenvalue weighted by Gasteiger charge is 2.38. The molecule has 0 aromatic heterocycles. The third kappa shape index (κ3) is 4.15. The molecule has 2 aromatic rings. The van der Waals surface area contributed by atoms with Gasteiger partial charge in [0.2, 0.25) is 0 Å². The van der Waals surface area contributed by atoms with Crippen LogP contribution in [-0.2, 0) is 16.0 Å². The average molecular weight is 438 g/mol. The second-order valence-corrected chi connectivity index (χ2v) is 9.68. The molecule has 0 radical (unpaired) electrons. The van der Waals surface area contributed by atoms with Crippen LogP contribution in [0.4, 0.5) is 10.1 Å². The second kappa shape index (κ2) is 9.22. The quantitative estimate of drug-likeness (QED) is 0.679. The lowest BCUT2D eigenvalue weighted by molar-refractivity contribution is -0.111. The number of ether oxygens (including phenoxy) is 1. The minimum atomic E-state index is -0.150. The van der Waals surface area contributed by atoms with E-state index in [4.69, 9.17) is 4.74 Å². The summed E-state index contributed by atoms with van der Waals surface area (Å²) in [5, 5.41) is 10.0. The van der Waals surface area contributed by atoms with Gasteiger partial charge in [0.25, 0.3) is 0 Å². The lowest BCUT2D eigenvalue weighted by atomic mass is 9.65. The predicted molar refractivity (Wildman–Crippen MR) is 123 cm³/mol. The number of halogens is 1. The molecule has 0 bridgehead atoms. The van der Waals surface area contributed by atoms with Crippen molar-refractivity contribution in [3.63, 3.8) is 0 Å². The number of anilines is 1. The van der Waals surface area contributed by atoms with Gasteiger partial charge in [-0.3, -0.25) is 0 Å². The standard InChI is InChI=1S/C27H32FNO3/c28-26-16-21(29-11-7-18(17-30)8-12-29)2-5-25(26)27-23(19-9-13-32-14-10-19)4-1-20-15-22(31)3-6-24(20)27/h2-3,5-6,15-19,23,27,31H,1,4,7-14H2/t23-,27+/m1/s1. The first-order chi connectivity index (χ1) is 15.6. The zero-order chi connectivity index (χ0) is 22.1. The smallest absolute Gasteiger partial charge is 0.129 e. The Kier molecular flexibility index (Phi) is 6.18. The van der Waals surface area contributed by atoms with Gasteiger partial charge >= 0.3 is 0 Å². The van der Waals surface area contributed by atoms with E-state index in [1.807, 2.05) is 18.2 Å². The number of hydrogen-bond donors (Lipinski definition) is 1. The normalized spacial score (nSPS) is 24.8. The molecule has 2 aliphatic heterocycles. The predicted octanol–water partition coefficient (Wildman–Crippen LogP) is 5.07. The topological polar surface area (TPSA) is 49.8 Å². The van der Waals surface area contributed by atoms with Gasteiger partial charge in [0.1, 0.15) is 17.9 Å². The Bertz CT molecular complexity index is 963. The van der Waals surface area contributed by atoms with E-state index >= 15 is 4.39 Å². The van der Waals surface area contributed by atoms with E-state index in [-0.39, 0.29) is 23.4 Å². The molecule has 3 aliphatic rings. The molecule has 2 aromatic carbocycles. The summed E-state index contributed by atoms with van der Waals surface area (Å²) in [7, 11) is 0. The molecule has 0 saturated carbocycles. The number of phenols is 1. The SMILES string of the molecule is O=CC1CCN(c2ccc([C@@H]3c4ccc(O)cc4CC[C@@H]3C3CCOCC3)c(F)c2)CC1. The average Bonchev–Trinajstić information content (AvgIpc) is 2.84. The van der Waals surface area contributed by atoms with Crippen LogP contribution in [-0.4, -0.2) is 37.7 Å². The van der Waals surface area contributed by atoms with Crippen molar-refractivity contribution in [3.8, 4) is 5.75 Å². The molecular formula is C27H32FNO3. The van der Waals surface area contributed by atoms with E-state index in [0.717, 1.165) is 93.5 Å². The maximum atomic E-state index is 15.7. The van der Waals surface area contributed by atoms with Crippen molar-refractivity contribution in [2.45, 2.75) is 44.4 Å². The summed E-state index contributed by atoms with van der Waals surface area (Å²) in [6.45, 7) is 3.15. The molecule has 170 valence electrons. The van der Waals surface area contributed by atoms with Crippen LogP contribution in [0.25, 0.3) is 0 Å². The fourth-order valence-corrected chi connectivity index (χ4v) is 6.14. The van der Waals surface area contributed by atoms with Crippen LogP contribution < -0.4 is 4.90 Å². The zero-order valence-corrected chi connectivity index (χ0v) is 18.5. The lowest BCUT2D eigenvalue weighted by Crippen LogP contribution is -2.34. The molecule has 5 heteroatoms. The van der Waals surface area contributed by atoms with Crippen molar-refractivity contribution >= 4 is 12.0 Å². The summed E-state index contributed by atoms with van der Waals surface area (Å²) in [6, 6.07) is 11.3. The number of fused-ring (bicyclic) bond motifs is 1. The van der Waals surface area contributed by atoms with Crippen LogP contribution in [0.3, 0.4) is 0 Å². The fraction of sp³-hybridized carbons (Fsp3) is 0.519. The highest BCUT2D eigenvalue weighted by Crippen LogP contribution is 2.48. The van der Waals surface area contributed by atoms with Crippen LogP contribution in [0.5, 0.6) is 5.75 Å². The Labute approximate surface area is 189 Å². The molecule has 5 rings (SSSR count). The van der Waals surface area contributed by atoms with E-state index in [9.17, 15) is 9.90 Å². The third-order valence-electron chi connectivity index (χ3n) is 7.92. The van der Waals surface area contributed by atoms with Crippen molar-refractivity contribution in [1.29, 1.82) is 0 Å². The number of benzene rings is 2. The summed E-state index contributed by atoms with van der Waals surface area (Å²) in [4.78, 5) is 13.2. The molecule has 2 fully saturated rings. The molecule has 1 aliphatic carbocycles. The Morgan fingerprint density at radius 1 is 0.969 bits per heavy atom. The van der Waals surface area contributed by atoms with Crippen LogP contribution in [0, 0.1) is 23.6 Å². The molecule has 0 amide bonds. The number of carbonyl (C=O) groups excluding carboxylic acids is 1. The summed E-state index contributed by atoms with van der Waals surface area (Å²) < 4.78 is 21.3. The number of aldehydes is 1. The van der Waals surface area contributed by atoms with Gasteiger partial charge in [-0.05, 0) is 91.3 Å². The molecule has 0 unspecified atom stereocenters. The summed E-state index contributed by atoms with van der Waals surface area (Å²) in [5.74, 6) is 1.16. The van der Waals surface area contributed by atoms with Crippen molar-refractivity contribution in [3.05, 3.63) is 58.9 Å². The van der Waals surface area contributed by atoms with Gasteiger partial charge in [-0.25, -0.2) is 4.39 Å². The van der Waals surface area contributed by atoms with Gasteiger partial charge in [-0.2, -0.15) is 0 Å². The van der Waals surface area contributed by atoms with Gasteiger partial charge in [0.15, 0.2) is 0 Å². The van der Waals surface area contributed by atoms with Crippen LogP contribution >= 0.6 is 0 Å². The number of phenolic OH excluding ortho intramolecular Hbond substituents is 1. The van der Waals surface area contributed by atoms with Crippen molar-refractivity contribution in [2.24, 2.45) is 17.8 Å². The molecule has 2 atom stereocenters. The maximum absolute atomic E-state index is 15.7. The summed E-state index contributed by atoms with van der Waals surface area (Å²) in [6.07, 6.45) is 6.70. The largest absolute Gasteiger partial charge is 0.508 e. The van der Waals surface area contributed by atoms with Crippen molar-refractivity contribution < 1.29 is 19.0 Å². The summed E-state index contributed by atoms with van der Waals surface area (Å²) in [5.41, 5.74) is 3.96. The first-order valence-electron chi connectivity index (χ1n) is 12.0. The Morgan fingerprint density at radius 3 is 2.44 bits per heavy atom. The fourth-order valence-electron chi connectivity index (χ4n) is 6.14. The van der Waals surface area contributed by atoms with Gasteiger partial charge in [-0.15, -0.1) is 0 Å². The minimum absolute atomic E-state index is 0.00250. The molecule has 2 heterocycles. The molecule has 1 N–H and O–H groups in total. The van der Waals surface area contributed by atoms with Gasteiger partial charge in [-0.1, -0.05) is 12.1 Å². The monoisotopic (exact) mass is 437 g/mol. The Hall–Kier alpha value is -2.40. The van der Waals surface area contributed by atoms with Gasteiger partial charge in [0.05, 0.1) is 0 Å². The number of aryl methyl sites for hydroxylation is 1. The second-order valence-electron chi connectivity index (χ2n) is 9.68. The van der Waals surface area contributed by atoms with Crippen LogP contribution in [0.15, 0.2) is 36.4 Å². The minimum Gasteiger partial charge on any atom is -0.508 e. The van der Waals surface area contributed by atoms with E-state index < -0.39 is 0 Å². The molecule has 2 saturated heterocycles. The lowest BCUT2D eigenvalue weighted by Gasteiger charge is -2.41. The third-order valence-corrected chi connectivity index (χ3v) is 7.92. The van der Waals surface area contributed by atoms with E-state index in [0.29, 0.717) is 11.8 Å². The molecule has 0 spiro atoms. The zero-order valence-electron chi connectivity index (χ0n) is 18.5. The van der Waals surface area contributed by atoms with E-state index in [2.05, 4.69) is 11.0 Å². The highest BCUT2D eigenvalue weighted by atomic mass is 19.1. The van der Waals surface area contributed by atoms with E-state index in [1.54, 1.807) is 12.1 Å². The number of piperidine rings is 1. The number of hydrogen-bond acceptors (Lipinski definition) is 4. The number of carbonyl (C=O) groups is 1. The molecule has 4 nitrogen and oxygen atoms in total. The van der Waals surface area contributed by atoms with Crippen LogP contribution in [0.2, 0.25) is 0 Å². The Balaban J connectivity index is 1.48. The molecular weight excluding hydrogens is 405 g/mol. The number of aromatic hydroxyl groups is 1. The van der Waals surface area contributed by atoms with Crippen molar-refractivity contribution in [1.82, 2.24) is 0 Å². The number of rotatable bonds is 4. The number of nitrogens with zero attached hydrogens (tertiary/aromatic N) is 1. The van der Waals surface area contributed by atoms with Crippen molar-refractivity contribution in [2.75, 3.05) is 31.2 Å².